The lowest BCUT2D eigenvalue weighted by molar-refractivity contribution is -0.130. The molecule has 0 aliphatic carbocycles. The van der Waals surface area contributed by atoms with Gasteiger partial charge in [0.05, 0.1) is 18.0 Å². The van der Waals surface area contributed by atoms with Crippen LogP contribution < -0.4 is 9.04 Å². The first-order valence-electron chi connectivity index (χ1n) is 9.29. The number of carbonyl (C=O) groups excluding carboxylic acids is 1. The van der Waals surface area contributed by atoms with E-state index in [1.54, 1.807) is 24.3 Å². The fourth-order valence-electron chi connectivity index (χ4n) is 3.12. The van der Waals surface area contributed by atoms with Gasteiger partial charge in [-0.05, 0) is 51.0 Å². The van der Waals surface area contributed by atoms with Gasteiger partial charge in [-0.2, -0.15) is 0 Å². The zero-order valence-electron chi connectivity index (χ0n) is 16.0. The second-order valence-corrected chi connectivity index (χ2v) is 8.95. The Labute approximate surface area is 157 Å². The fraction of sp³-hybridized carbons (Fsp3) is 0.632. The number of ether oxygens (including phenoxy) is 1. The number of benzene rings is 1. The van der Waals surface area contributed by atoms with E-state index in [1.165, 1.54) is 10.6 Å². The van der Waals surface area contributed by atoms with Crippen LogP contribution in [0.1, 0.15) is 46.0 Å². The normalized spacial score (nSPS) is 15.6. The molecule has 0 spiro atoms. The zero-order valence-corrected chi connectivity index (χ0v) is 16.8. The highest BCUT2D eigenvalue weighted by atomic mass is 32.2. The van der Waals surface area contributed by atoms with Crippen LogP contribution in [0.4, 0.5) is 5.69 Å². The van der Waals surface area contributed by atoms with Crippen LogP contribution >= 0.6 is 0 Å². The molecule has 1 saturated heterocycles. The van der Waals surface area contributed by atoms with Crippen LogP contribution in [0.5, 0.6) is 5.75 Å². The van der Waals surface area contributed by atoms with E-state index in [0.717, 1.165) is 38.8 Å². The summed E-state index contributed by atoms with van der Waals surface area (Å²) in [5, 5.41) is 0. The number of hydrogen-bond acceptors (Lipinski definition) is 4. The third kappa shape index (κ3) is 6.20. The molecule has 1 amide bonds. The molecule has 1 aromatic rings. The van der Waals surface area contributed by atoms with Crippen molar-refractivity contribution in [2.75, 3.05) is 30.2 Å². The number of anilines is 1. The van der Waals surface area contributed by atoms with Gasteiger partial charge in [-0.15, -0.1) is 0 Å². The Morgan fingerprint density at radius 2 is 1.69 bits per heavy atom. The van der Waals surface area contributed by atoms with Crippen molar-refractivity contribution in [3.63, 3.8) is 0 Å². The van der Waals surface area contributed by atoms with Gasteiger partial charge in [0, 0.05) is 26.1 Å². The highest BCUT2D eigenvalue weighted by molar-refractivity contribution is 7.92. The standard InChI is InChI=1S/C19H30N2O4S/c1-16(2)25-18-10-8-17(9-11-18)21(26(3,23)24)15-12-19(22)20-13-6-4-5-7-14-20/h8-11,16H,4-7,12-15H2,1-3H3. The van der Waals surface area contributed by atoms with Gasteiger partial charge in [-0.1, -0.05) is 12.8 Å². The van der Waals surface area contributed by atoms with Crippen molar-refractivity contribution in [3.05, 3.63) is 24.3 Å². The molecule has 0 radical (unpaired) electrons. The first kappa shape index (κ1) is 20.6. The number of rotatable bonds is 7. The summed E-state index contributed by atoms with van der Waals surface area (Å²) in [6.45, 7) is 5.58. The summed E-state index contributed by atoms with van der Waals surface area (Å²) < 4.78 is 31.3. The Bertz CT molecular complexity index is 678. The minimum Gasteiger partial charge on any atom is -0.491 e. The van der Waals surface area contributed by atoms with Gasteiger partial charge in [0.25, 0.3) is 0 Å². The lowest BCUT2D eigenvalue weighted by Gasteiger charge is -2.25. The molecular formula is C19H30N2O4S. The molecule has 1 aliphatic heterocycles. The van der Waals surface area contributed by atoms with E-state index in [0.29, 0.717) is 11.4 Å². The molecule has 0 atom stereocenters. The van der Waals surface area contributed by atoms with Crippen molar-refractivity contribution in [2.45, 2.75) is 52.1 Å². The largest absolute Gasteiger partial charge is 0.491 e. The summed E-state index contributed by atoms with van der Waals surface area (Å²) >= 11 is 0. The van der Waals surface area contributed by atoms with Crippen molar-refractivity contribution < 1.29 is 17.9 Å². The quantitative estimate of drug-likeness (QED) is 0.727. The number of nitrogens with zero attached hydrogens (tertiary/aromatic N) is 2. The summed E-state index contributed by atoms with van der Waals surface area (Å²) in [6.07, 6.45) is 5.78. The van der Waals surface area contributed by atoms with E-state index in [9.17, 15) is 13.2 Å². The molecule has 0 N–H and O–H groups in total. The average molecular weight is 383 g/mol. The molecular weight excluding hydrogens is 352 g/mol. The summed E-state index contributed by atoms with van der Waals surface area (Å²) in [6, 6.07) is 6.94. The molecule has 7 heteroatoms. The number of hydrogen-bond donors (Lipinski definition) is 0. The summed E-state index contributed by atoms with van der Waals surface area (Å²) in [5.74, 6) is 0.721. The van der Waals surface area contributed by atoms with Crippen LogP contribution in [0.15, 0.2) is 24.3 Å². The second kappa shape index (κ2) is 9.26. The highest BCUT2D eigenvalue weighted by Crippen LogP contribution is 2.23. The van der Waals surface area contributed by atoms with Crippen molar-refractivity contribution in [1.29, 1.82) is 0 Å². The van der Waals surface area contributed by atoms with E-state index >= 15 is 0 Å². The van der Waals surface area contributed by atoms with Crippen LogP contribution in [-0.4, -0.2) is 51.2 Å². The predicted octanol–water partition coefficient (Wildman–Crippen LogP) is 3.03. The summed E-state index contributed by atoms with van der Waals surface area (Å²) in [4.78, 5) is 14.3. The Morgan fingerprint density at radius 3 is 2.19 bits per heavy atom. The van der Waals surface area contributed by atoms with Crippen LogP contribution in [0.3, 0.4) is 0 Å². The van der Waals surface area contributed by atoms with Crippen molar-refractivity contribution >= 4 is 21.6 Å². The Balaban J connectivity index is 2.04. The van der Waals surface area contributed by atoms with E-state index in [2.05, 4.69) is 0 Å². The molecule has 0 unspecified atom stereocenters. The third-order valence-corrected chi connectivity index (χ3v) is 5.58. The maximum Gasteiger partial charge on any atom is 0.232 e. The van der Waals surface area contributed by atoms with Crippen LogP contribution in [-0.2, 0) is 14.8 Å². The minimum absolute atomic E-state index is 0.0281. The molecule has 6 nitrogen and oxygen atoms in total. The molecule has 146 valence electrons. The molecule has 0 bridgehead atoms. The smallest absolute Gasteiger partial charge is 0.232 e. The topological polar surface area (TPSA) is 66.9 Å². The first-order chi connectivity index (χ1) is 12.3. The fourth-order valence-corrected chi connectivity index (χ4v) is 4.05. The van der Waals surface area contributed by atoms with Crippen LogP contribution in [0, 0.1) is 0 Å². The van der Waals surface area contributed by atoms with Gasteiger partial charge < -0.3 is 9.64 Å². The Kier molecular flexibility index (Phi) is 7.32. The number of likely N-dealkylation sites (tertiary alicyclic amines) is 1. The summed E-state index contributed by atoms with van der Waals surface area (Å²) in [7, 11) is -3.47. The van der Waals surface area contributed by atoms with Crippen molar-refractivity contribution in [1.82, 2.24) is 4.90 Å². The van der Waals surface area contributed by atoms with Crippen molar-refractivity contribution in [2.24, 2.45) is 0 Å². The second-order valence-electron chi connectivity index (χ2n) is 7.04. The minimum atomic E-state index is -3.47. The first-order valence-corrected chi connectivity index (χ1v) is 11.1. The van der Waals surface area contributed by atoms with Crippen LogP contribution in [0.2, 0.25) is 0 Å². The molecule has 0 aromatic heterocycles. The Hall–Kier alpha value is -1.76. The highest BCUT2D eigenvalue weighted by Gasteiger charge is 2.21. The molecule has 2 rings (SSSR count). The van der Waals surface area contributed by atoms with Gasteiger partial charge in [-0.3, -0.25) is 9.10 Å². The lowest BCUT2D eigenvalue weighted by Crippen LogP contribution is -2.37. The SMILES string of the molecule is CC(C)Oc1ccc(N(CCC(=O)N2CCCCCC2)S(C)(=O)=O)cc1. The molecule has 1 heterocycles. The molecule has 1 aliphatic rings. The number of carbonyl (C=O) groups is 1. The van der Waals surface area contributed by atoms with Gasteiger partial charge in [-0.25, -0.2) is 8.42 Å². The van der Waals surface area contributed by atoms with Crippen molar-refractivity contribution in [3.8, 4) is 5.75 Å². The summed E-state index contributed by atoms with van der Waals surface area (Å²) in [5.41, 5.74) is 0.548. The van der Waals surface area contributed by atoms with E-state index < -0.39 is 10.0 Å². The van der Waals surface area contributed by atoms with Gasteiger partial charge >= 0.3 is 0 Å². The molecule has 1 aromatic carbocycles. The Morgan fingerprint density at radius 1 is 1.12 bits per heavy atom. The molecule has 26 heavy (non-hydrogen) atoms. The van der Waals surface area contributed by atoms with Gasteiger partial charge in [0.1, 0.15) is 5.75 Å². The maximum atomic E-state index is 12.5. The van der Waals surface area contributed by atoms with Crippen LogP contribution in [0.25, 0.3) is 0 Å². The van der Waals surface area contributed by atoms with Gasteiger partial charge in [0.2, 0.25) is 15.9 Å². The number of sulfonamides is 1. The average Bonchev–Trinajstić information content (AvgIpc) is 2.84. The molecule has 1 fully saturated rings. The zero-order chi connectivity index (χ0) is 19.2. The predicted molar refractivity (Wildman–Crippen MR) is 104 cm³/mol. The maximum absolute atomic E-state index is 12.5. The number of amides is 1. The van der Waals surface area contributed by atoms with E-state index in [4.69, 9.17) is 4.74 Å². The lowest BCUT2D eigenvalue weighted by atomic mass is 10.2. The molecule has 0 saturated carbocycles. The van der Waals surface area contributed by atoms with Gasteiger partial charge in [0.15, 0.2) is 0 Å². The third-order valence-electron chi connectivity index (χ3n) is 4.38. The van der Waals surface area contributed by atoms with E-state index in [-0.39, 0.29) is 25.0 Å². The monoisotopic (exact) mass is 382 g/mol. The van der Waals surface area contributed by atoms with E-state index in [1.807, 2.05) is 18.7 Å².